The zero-order chi connectivity index (χ0) is 12.2. The SMILES string of the molecule is C[Si](C)=[Ti+2].Pc1ccccc1.[C-]1=CC=CC1.[Cl-].[Cl-]. The van der Waals surface area contributed by atoms with Gasteiger partial charge in [0.25, 0.3) is 0 Å². The zero-order valence-electron chi connectivity index (χ0n) is 10.7. The molecule has 98 valence electrons. The molecule has 0 heterocycles. The molecule has 5 heteroatoms. The van der Waals surface area contributed by atoms with Crippen LogP contribution in [0.4, 0.5) is 0 Å². The molecule has 2 rings (SSSR count). The smallest absolute Gasteiger partial charge is 0.0303 e. The number of hydrogen-bond acceptors (Lipinski definition) is 0. The van der Waals surface area contributed by atoms with E-state index >= 15 is 0 Å². The largest absolute Gasteiger partial charge is 1.00 e. The fraction of sp³-hybridized carbons (Fsp3) is 0.231. The van der Waals surface area contributed by atoms with Gasteiger partial charge in [-0.05, 0) is 5.30 Å². The van der Waals surface area contributed by atoms with Crippen molar-refractivity contribution in [1.29, 1.82) is 0 Å². The van der Waals surface area contributed by atoms with Crippen LogP contribution in [-0.4, -0.2) is 6.19 Å². The van der Waals surface area contributed by atoms with Crippen LogP contribution in [-0.2, 0) is 19.2 Å². The summed E-state index contributed by atoms with van der Waals surface area (Å²) in [6.07, 6.45) is 10.1. The zero-order valence-corrected chi connectivity index (χ0v) is 15.9. The molecule has 0 fully saturated rings. The van der Waals surface area contributed by atoms with Gasteiger partial charge in [-0.1, -0.05) is 30.3 Å². The first-order valence-electron chi connectivity index (χ1n) is 5.17. The van der Waals surface area contributed by atoms with Crippen molar-refractivity contribution in [3.05, 3.63) is 54.6 Å². The summed E-state index contributed by atoms with van der Waals surface area (Å²) in [6, 6.07) is 10.1. The van der Waals surface area contributed by atoms with E-state index < -0.39 is 0 Å². The molecule has 1 aromatic rings. The summed E-state index contributed by atoms with van der Waals surface area (Å²) in [5.41, 5.74) is 0. The normalized spacial score (nSPS) is 9.83. The first-order chi connectivity index (χ1) is 7.63. The molecule has 0 saturated heterocycles. The number of hydrogen-bond donors (Lipinski definition) is 0. The van der Waals surface area contributed by atoms with Gasteiger partial charge >= 0.3 is 38.5 Å². The average molecular weight is 352 g/mol. The van der Waals surface area contributed by atoms with Gasteiger partial charge in [0.2, 0.25) is 0 Å². The Labute approximate surface area is 138 Å². The van der Waals surface area contributed by atoms with Gasteiger partial charge in [0, 0.05) is 0 Å². The minimum atomic E-state index is 0. The molecule has 18 heavy (non-hydrogen) atoms. The Morgan fingerprint density at radius 1 is 1.17 bits per heavy atom. The van der Waals surface area contributed by atoms with Crippen molar-refractivity contribution in [2.75, 3.05) is 0 Å². The second kappa shape index (κ2) is 17.6. The first kappa shape index (κ1) is 23.7. The maximum atomic E-state index is 2.99. The topological polar surface area (TPSA) is 0 Å². The average Bonchev–Trinajstić information content (AvgIpc) is 2.75. The van der Waals surface area contributed by atoms with E-state index in [0.29, 0.717) is 0 Å². The summed E-state index contributed by atoms with van der Waals surface area (Å²) < 4.78 is 0. The minimum absolute atomic E-state index is 0. The molecule has 1 aliphatic rings. The van der Waals surface area contributed by atoms with E-state index in [-0.39, 0.29) is 31.0 Å². The third-order valence-corrected chi connectivity index (χ3v) is 1.77. The van der Waals surface area contributed by atoms with Gasteiger partial charge in [0.1, 0.15) is 0 Å². The maximum absolute atomic E-state index is 2.99. The molecule has 1 atom stereocenters. The number of halogens is 2. The van der Waals surface area contributed by atoms with Gasteiger partial charge in [0.15, 0.2) is 0 Å². The Hall–Kier alpha value is 0.641. The van der Waals surface area contributed by atoms with Crippen molar-refractivity contribution < 1.29 is 44.0 Å². The third-order valence-electron chi connectivity index (χ3n) is 1.39. The van der Waals surface area contributed by atoms with Crippen LogP contribution in [0.5, 0.6) is 0 Å². The van der Waals surface area contributed by atoms with Crippen LogP contribution in [0.15, 0.2) is 48.6 Å². The second-order valence-corrected chi connectivity index (χ2v) is 10.8. The van der Waals surface area contributed by atoms with E-state index in [4.69, 9.17) is 0 Å². The van der Waals surface area contributed by atoms with Gasteiger partial charge in [-0.25, -0.2) is 12.2 Å². The number of benzene rings is 1. The Morgan fingerprint density at radius 2 is 1.67 bits per heavy atom. The van der Waals surface area contributed by atoms with Crippen molar-refractivity contribution in [3.8, 4) is 0 Å². The van der Waals surface area contributed by atoms with Gasteiger partial charge in [-0.15, -0.1) is 15.7 Å². The number of allylic oxidation sites excluding steroid dienone is 4. The van der Waals surface area contributed by atoms with Crippen LogP contribution in [0.1, 0.15) is 6.42 Å². The van der Waals surface area contributed by atoms with E-state index in [2.05, 4.69) is 53.7 Å². The summed E-state index contributed by atoms with van der Waals surface area (Å²) in [5.74, 6) is 0. The first-order valence-corrected chi connectivity index (χ1v) is 10.6. The van der Waals surface area contributed by atoms with Gasteiger partial charge in [-0.2, -0.15) is 6.08 Å². The van der Waals surface area contributed by atoms with Crippen molar-refractivity contribution in [1.82, 2.24) is 0 Å². The van der Waals surface area contributed by atoms with Crippen LogP contribution in [0.2, 0.25) is 13.1 Å². The molecular formula is C13H18Cl2PSiTi-. The van der Waals surface area contributed by atoms with Crippen LogP contribution < -0.4 is 30.1 Å². The predicted molar refractivity (Wildman–Crippen MR) is 74.8 cm³/mol. The van der Waals surface area contributed by atoms with E-state index in [0.717, 1.165) is 6.42 Å². The second-order valence-electron chi connectivity index (χ2n) is 3.41. The fourth-order valence-electron chi connectivity index (χ4n) is 0.793. The molecule has 1 aliphatic carbocycles. The van der Waals surface area contributed by atoms with Crippen molar-refractivity contribution in [2.45, 2.75) is 19.5 Å². The van der Waals surface area contributed by atoms with E-state index in [1.807, 2.05) is 42.5 Å². The van der Waals surface area contributed by atoms with Crippen LogP contribution in [0, 0.1) is 6.08 Å². The fourth-order valence-corrected chi connectivity index (χ4v) is 1.02. The van der Waals surface area contributed by atoms with Crippen molar-refractivity contribution in [3.63, 3.8) is 0 Å². The Morgan fingerprint density at radius 3 is 1.83 bits per heavy atom. The molecule has 0 saturated carbocycles. The molecule has 0 aliphatic heterocycles. The summed E-state index contributed by atoms with van der Waals surface area (Å²) in [5, 5.41) is 1.24. The summed E-state index contributed by atoms with van der Waals surface area (Å²) in [4.78, 5) is 0. The summed E-state index contributed by atoms with van der Waals surface area (Å²) in [7, 11) is 2.63. The maximum Gasteiger partial charge on any atom is -0.0303 e. The van der Waals surface area contributed by atoms with Gasteiger partial charge < -0.3 is 24.8 Å². The quantitative estimate of drug-likeness (QED) is 0.271. The summed E-state index contributed by atoms with van der Waals surface area (Å²) in [6.45, 7) is 4.54. The van der Waals surface area contributed by atoms with Crippen LogP contribution in [0.25, 0.3) is 0 Å². The molecule has 0 spiro atoms. The number of rotatable bonds is 0. The molecule has 0 radical (unpaired) electrons. The third kappa shape index (κ3) is 21.9. The molecule has 0 aromatic heterocycles. The molecule has 0 bridgehead atoms. The van der Waals surface area contributed by atoms with Crippen molar-refractivity contribution in [2.24, 2.45) is 0 Å². The Kier molecular flexibility index (Phi) is 23.2. The predicted octanol–water partition coefficient (Wildman–Crippen LogP) is -2.72. The molecular weight excluding hydrogens is 334 g/mol. The Balaban J connectivity index is -0.000000185. The van der Waals surface area contributed by atoms with E-state index in [9.17, 15) is 0 Å². The van der Waals surface area contributed by atoms with E-state index in [1.165, 1.54) is 5.30 Å². The Bertz CT molecular complexity index is 339. The molecule has 1 unspecified atom stereocenters. The monoisotopic (exact) mass is 351 g/mol. The summed E-state index contributed by atoms with van der Waals surface area (Å²) >= 11 is 2.27. The van der Waals surface area contributed by atoms with Gasteiger partial charge in [-0.3, -0.25) is 6.08 Å². The minimum Gasteiger partial charge on any atom is -1.00 e. The van der Waals surface area contributed by atoms with E-state index in [1.54, 1.807) is 0 Å². The standard InChI is InChI=1S/C6H7P.C5H5.C2H6Si.2ClH.Ti/c7-6-4-2-1-3-5-6;1-2-4-5-3-1;1-3-2;;;/h1-5H,7H2;1-3H,4H2;1-2H3;2*1H;/q;-1;;;;+2/p-2. The van der Waals surface area contributed by atoms with Crippen molar-refractivity contribution >= 4 is 20.7 Å². The molecule has 0 N–H and O–H groups in total. The van der Waals surface area contributed by atoms with Crippen LogP contribution >= 0.6 is 9.24 Å². The molecule has 0 amide bonds. The molecule has 0 nitrogen and oxygen atoms in total. The van der Waals surface area contributed by atoms with Crippen LogP contribution in [0.3, 0.4) is 0 Å². The van der Waals surface area contributed by atoms with Gasteiger partial charge in [0.05, 0.1) is 0 Å². The molecule has 1 aromatic carbocycles.